The minimum Gasteiger partial charge on any atom is -0.406 e. The fourth-order valence-corrected chi connectivity index (χ4v) is 1.82. The second-order valence-corrected chi connectivity index (χ2v) is 4.65. The topological polar surface area (TPSA) is 39.1 Å². The molecule has 7 heteroatoms. The number of nitrogens with zero attached hydrogens (tertiary/aromatic N) is 2. The van der Waals surface area contributed by atoms with Crippen molar-refractivity contribution in [2.45, 2.75) is 26.4 Å². The molecule has 0 unspecified atom stereocenters. The summed E-state index contributed by atoms with van der Waals surface area (Å²) in [5, 5.41) is 7.36. The van der Waals surface area contributed by atoms with Gasteiger partial charge in [0, 0.05) is 19.3 Å². The third-order valence-corrected chi connectivity index (χ3v) is 2.77. The van der Waals surface area contributed by atoms with Crippen molar-refractivity contribution < 1.29 is 17.9 Å². The van der Waals surface area contributed by atoms with E-state index in [1.807, 2.05) is 17.8 Å². The predicted molar refractivity (Wildman–Crippen MR) is 71.8 cm³/mol. The Bertz CT molecular complexity index is 564. The van der Waals surface area contributed by atoms with Gasteiger partial charge in [-0.3, -0.25) is 4.68 Å². The van der Waals surface area contributed by atoms with Crippen LogP contribution in [-0.2, 0) is 13.1 Å². The number of benzene rings is 1. The van der Waals surface area contributed by atoms with Crippen molar-refractivity contribution in [1.29, 1.82) is 0 Å². The fraction of sp³-hybridized carbons (Fsp3) is 0.357. The summed E-state index contributed by atoms with van der Waals surface area (Å²) in [6, 6.07) is 5.82. The highest BCUT2D eigenvalue weighted by molar-refractivity contribution is 5.27. The zero-order chi connectivity index (χ0) is 15.3. The van der Waals surface area contributed by atoms with E-state index in [4.69, 9.17) is 0 Å². The van der Waals surface area contributed by atoms with Crippen LogP contribution in [0.2, 0.25) is 0 Å². The highest BCUT2D eigenvalue weighted by atomic mass is 19.4. The molecule has 1 aromatic heterocycles. The van der Waals surface area contributed by atoms with Crippen molar-refractivity contribution in [2.24, 2.45) is 0 Å². The van der Waals surface area contributed by atoms with Crippen molar-refractivity contribution in [3.63, 3.8) is 0 Å². The minimum absolute atomic E-state index is 0.210. The van der Waals surface area contributed by atoms with Gasteiger partial charge in [-0.25, -0.2) is 0 Å². The molecule has 0 bridgehead atoms. The van der Waals surface area contributed by atoms with Crippen LogP contribution in [0.3, 0.4) is 0 Å². The third kappa shape index (κ3) is 5.47. The lowest BCUT2D eigenvalue weighted by atomic mass is 10.2. The minimum atomic E-state index is -4.65. The summed E-state index contributed by atoms with van der Waals surface area (Å²) in [6.07, 6.45) is -0.911. The van der Waals surface area contributed by atoms with E-state index in [1.165, 1.54) is 12.1 Å². The number of nitrogens with one attached hydrogen (secondary N) is 1. The normalized spacial score (nSPS) is 11.6. The van der Waals surface area contributed by atoms with Gasteiger partial charge in [0.05, 0.1) is 12.7 Å². The van der Waals surface area contributed by atoms with Crippen LogP contribution in [0.1, 0.15) is 11.1 Å². The Balaban J connectivity index is 1.73. The van der Waals surface area contributed by atoms with Crippen LogP contribution >= 0.6 is 0 Å². The van der Waals surface area contributed by atoms with E-state index in [-0.39, 0.29) is 5.75 Å². The molecule has 0 radical (unpaired) electrons. The molecular weight excluding hydrogens is 283 g/mol. The number of aromatic nitrogens is 2. The molecule has 0 aliphatic rings. The highest BCUT2D eigenvalue weighted by Gasteiger charge is 2.30. The Morgan fingerprint density at radius 3 is 2.52 bits per heavy atom. The molecule has 0 saturated carbocycles. The van der Waals surface area contributed by atoms with Crippen LogP contribution in [0.5, 0.6) is 5.75 Å². The molecular formula is C14H16F3N3O. The number of hydrogen-bond acceptors (Lipinski definition) is 3. The average Bonchev–Trinajstić information content (AvgIpc) is 2.81. The first kappa shape index (κ1) is 15.4. The van der Waals surface area contributed by atoms with Crippen molar-refractivity contribution >= 4 is 0 Å². The van der Waals surface area contributed by atoms with Gasteiger partial charge in [0.15, 0.2) is 0 Å². The number of hydrogen-bond donors (Lipinski definition) is 1. The first-order valence-corrected chi connectivity index (χ1v) is 6.47. The third-order valence-electron chi connectivity index (χ3n) is 2.77. The number of rotatable bonds is 6. The monoisotopic (exact) mass is 299 g/mol. The van der Waals surface area contributed by atoms with Gasteiger partial charge in [-0.05, 0) is 30.2 Å². The summed E-state index contributed by atoms with van der Waals surface area (Å²) < 4.78 is 41.7. The molecule has 114 valence electrons. The van der Waals surface area contributed by atoms with Gasteiger partial charge < -0.3 is 10.1 Å². The Morgan fingerprint density at radius 1 is 1.24 bits per heavy atom. The van der Waals surface area contributed by atoms with Crippen LogP contribution in [0.4, 0.5) is 13.2 Å². The van der Waals surface area contributed by atoms with Gasteiger partial charge in [-0.15, -0.1) is 13.2 Å². The maximum absolute atomic E-state index is 12.0. The standard InChI is InChI=1S/C14H16F3N3O/c1-11-8-19-20(10-11)7-6-18-9-12-2-4-13(5-3-12)21-14(15,16)17/h2-5,8,10,18H,6-7,9H2,1H3. The van der Waals surface area contributed by atoms with E-state index in [0.717, 1.165) is 24.2 Å². The molecule has 2 aromatic rings. The Labute approximate surface area is 120 Å². The quantitative estimate of drug-likeness (QED) is 0.834. The van der Waals surface area contributed by atoms with Gasteiger partial charge in [0.2, 0.25) is 0 Å². The van der Waals surface area contributed by atoms with E-state index < -0.39 is 6.36 Å². The van der Waals surface area contributed by atoms with E-state index in [1.54, 1.807) is 18.3 Å². The summed E-state index contributed by atoms with van der Waals surface area (Å²) in [6.45, 7) is 4.01. The van der Waals surface area contributed by atoms with E-state index in [9.17, 15) is 13.2 Å². The van der Waals surface area contributed by atoms with Crippen molar-refractivity contribution in [2.75, 3.05) is 6.54 Å². The maximum Gasteiger partial charge on any atom is 0.573 e. The zero-order valence-corrected chi connectivity index (χ0v) is 11.5. The average molecular weight is 299 g/mol. The second-order valence-electron chi connectivity index (χ2n) is 4.65. The Hall–Kier alpha value is -2.02. The largest absolute Gasteiger partial charge is 0.573 e. The smallest absolute Gasteiger partial charge is 0.406 e. The molecule has 4 nitrogen and oxygen atoms in total. The summed E-state index contributed by atoms with van der Waals surface area (Å²) in [7, 11) is 0. The highest BCUT2D eigenvalue weighted by Crippen LogP contribution is 2.22. The molecule has 0 fully saturated rings. The van der Waals surface area contributed by atoms with Gasteiger partial charge in [0.25, 0.3) is 0 Å². The number of halogens is 3. The Kier molecular flexibility index (Phi) is 4.85. The zero-order valence-electron chi connectivity index (χ0n) is 11.5. The molecule has 21 heavy (non-hydrogen) atoms. The summed E-state index contributed by atoms with van der Waals surface area (Å²) in [5.41, 5.74) is 2.00. The first-order chi connectivity index (χ1) is 9.92. The lowest BCUT2D eigenvalue weighted by molar-refractivity contribution is -0.274. The molecule has 0 atom stereocenters. The van der Waals surface area contributed by atoms with E-state index in [2.05, 4.69) is 15.2 Å². The molecule has 0 aliphatic carbocycles. The fourth-order valence-electron chi connectivity index (χ4n) is 1.82. The molecule has 0 spiro atoms. The van der Waals surface area contributed by atoms with Crippen LogP contribution in [0.15, 0.2) is 36.7 Å². The number of ether oxygens (including phenoxy) is 1. The number of alkyl halides is 3. The summed E-state index contributed by atoms with van der Waals surface area (Å²) in [4.78, 5) is 0. The van der Waals surface area contributed by atoms with E-state index in [0.29, 0.717) is 6.54 Å². The first-order valence-electron chi connectivity index (χ1n) is 6.47. The summed E-state index contributed by atoms with van der Waals surface area (Å²) in [5.74, 6) is -0.210. The van der Waals surface area contributed by atoms with Crippen molar-refractivity contribution in [3.05, 3.63) is 47.8 Å². The molecule has 0 aliphatic heterocycles. The Morgan fingerprint density at radius 2 is 1.95 bits per heavy atom. The lowest BCUT2D eigenvalue weighted by Gasteiger charge is -2.09. The summed E-state index contributed by atoms with van der Waals surface area (Å²) >= 11 is 0. The van der Waals surface area contributed by atoms with Gasteiger partial charge in [-0.1, -0.05) is 12.1 Å². The van der Waals surface area contributed by atoms with Crippen LogP contribution < -0.4 is 10.1 Å². The van der Waals surface area contributed by atoms with Gasteiger partial charge in [-0.2, -0.15) is 5.10 Å². The lowest BCUT2D eigenvalue weighted by Crippen LogP contribution is -2.20. The number of aryl methyl sites for hydroxylation is 1. The van der Waals surface area contributed by atoms with Crippen molar-refractivity contribution in [1.82, 2.24) is 15.1 Å². The molecule has 1 N–H and O–H groups in total. The molecule has 2 rings (SSSR count). The SMILES string of the molecule is Cc1cnn(CCNCc2ccc(OC(F)(F)F)cc2)c1. The van der Waals surface area contributed by atoms with Gasteiger partial charge in [0.1, 0.15) is 5.75 Å². The van der Waals surface area contributed by atoms with Gasteiger partial charge >= 0.3 is 6.36 Å². The molecule has 0 amide bonds. The second kappa shape index (κ2) is 6.62. The predicted octanol–water partition coefficient (Wildman–Crippen LogP) is 2.88. The van der Waals surface area contributed by atoms with Crippen LogP contribution in [0, 0.1) is 6.92 Å². The van der Waals surface area contributed by atoms with Crippen molar-refractivity contribution in [3.8, 4) is 5.75 Å². The molecule has 1 aromatic carbocycles. The maximum atomic E-state index is 12.0. The van der Waals surface area contributed by atoms with Crippen LogP contribution in [-0.4, -0.2) is 22.7 Å². The van der Waals surface area contributed by atoms with E-state index >= 15 is 0 Å². The molecule has 1 heterocycles. The molecule has 0 saturated heterocycles. The van der Waals surface area contributed by atoms with Crippen LogP contribution in [0.25, 0.3) is 0 Å².